The maximum atomic E-state index is 12.2. The maximum Gasteiger partial charge on any atom is 0.262 e. The highest BCUT2D eigenvalue weighted by molar-refractivity contribution is 7.12. The van der Waals surface area contributed by atoms with Gasteiger partial charge in [0.25, 0.3) is 5.91 Å². The molecule has 126 valence electrons. The first-order valence-electron chi connectivity index (χ1n) is 7.31. The number of amides is 2. The molecule has 1 aromatic heterocycles. The second-order valence-corrected chi connectivity index (χ2v) is 6.32. The Morgan fingerprint density at radius 2 is 1.95 bits per heavy atom. The van der Waals surface area contributed by atoms with Gasteiger partial charge in [-0.15, -0.1) is 23.7 Å². The van der Waals surface area contributed by atoms with Gasteiger partial charge in [-0.1, -0.05) is 26.8 Å². The van der Waals surface area contributed by atoms with Crippen molar-refractivity contribution in [2.24, 2.45) is 5.92 Å². The Hall–Kier alpha value is -1.11. The van der Waals surface area contributed by atoms with Gasteiger partial charge in [-0.25, -0.2) is 0 Å². The summed E-state index contributed by atoms with van der Waals surface area (Å²) in [5.41, 5.74) is 0. The summed E-state index contributed by atoms with van der Waals surface area (Å²) in [5.74, 6) is -0.304. The van der Waals surface area contributed by atoms with Crippen LogP contribution in [0.1, 0.15) is 37.4 Å². The van der Waals surface area contributed by atoms with E-state index in [-0.39, 0.29) is 36.2 Å². The third kappa shape index (κ3) is 6.77. The molecule has 2 atom stereocenters. The van der Waals surface area contributed by atoms with Crippen LogP contribution in [0.2, 0.25) is 0 Å². The molecule has 0 aliphatic rings. The first-order chi connectivity index (χ1) is 9.95. The molecule has 7 heteroatoms. The van der Waals surface area contributed by atoms with Gasteiger partial charge in [0.1, 0.15) is 6.04 Å². The average molecular weight is 348 g/mol. The second-order valence-electron chi connectivity index (χ2n) is 5.38. The van der Waals surface area contributed by atoms with Gasteiger partial charge in [-0.2, -0.15) is 0 Å². The van der Waals surface area contributed by atoms with Crippen LogP contribution in [0.4, 0.5) is 0 Å². The van der Waals surface area contributed by atoms with Crippen molar-refractivity contribution in [3.63, 3.8) is 0 Å². The summed E-state index contributed by atoms with van der Waals surface area (Å²) in [6.07, 6.45) is 0. The van der Waals surface area contributed by atoms with E-state index >= 15 is 0 Å². The predicted octanol–water partition coefficient (Wildman–Crippen LogP) is 2.04. The molecule has 0 aliphatic carbocycles. The molecule has 0 saturated heterocycles. The Labute approximate surface area is 142 Å². The van der Waals surface area contributed by atoms with Crippen molar-refractivity contribution in [1.82, 2.24) is 16.0 Å². The standard InChI is InChI=1S/C15H25N3O2S.ClH/c1-5-16-11(4)9-17-15(20)13(10(2)3)18-14(19)12-7-6-8-21-12;/h6-8,10-11,13,16H,5,9H2,1-4H3,(H,17,20)(H,18,19);1H/t11-,13?;/m1./s1. The molecular formula is C15H26ClN3O2S. The Kier molecular flexibility index (Phi) is 10.1. The fraction of sp³-hybridized carbons (Fsp3) is 0.600. The topological polar surface area (TPSA) is 70.2 Å². The lowest BCUT2D eigenvalue weighted by Crippen LogP contribution is -2.51. The minimum atomic E-state index is -0.520. The zero-order chi connectivity index (χ0) is 15.8. The average Bonchev–Trinajstić information content (AvgIpc) is 2.96. The van der Waals surface area contributed by atoms with Crippen molar-refractivity contribution >= 4 is 35.6 Å². The molecule has 1 heterocycles. The van der Waals surface area contributed by atoms with Gasteiger partial charge in [0.05, 0.1) is 4.88 Å². The van der Waals surface area contributed by atoms with E-state index in [4.69, 9.17) is 0 Å². The SMILES string of the molecule is CCN[C@H](C)CNC(=O)C(NC(=O)c1cccs1)C(C)C.Cl. The normalized spacial score (nSPS) is 13.1. The van der Waals surface area contributed by atoms with E-state index in [1.165, 1.54) is 11.3 Å². The fourth-order valence-corrected chi connectivity index (χ4v) is 2.57. The molecule has 3 N–H and O–H groups in total. The van der Waals surface area contributed by atoms with E-state index in [1.807, 2.05) is 39.1 Å². The van der Waals surface area contributed by atoms with Crippen LogP contribution in [0.15, 0.2) is 17.5 Å². The number of likely N-dealkylation sites (N-methyl/N-ethyl adjacent to an activating group) is 1. The number of nitrogens with one attached hydrogen (secondary N) is 3. The summed E-state index contributed by atoms with van der Waals surface area (Å²) >= 11 is 1.37. The van der Waals surface area contributed by atoms with E-state index in [0.29, 0.717) is 11.4 Å². The molecule has 0 fully saturated rings. The lowest BCUT2D eigenvalue weighted by Gasteiger charge is -2.22. The van der Waals surface area contributed by atoms with Gasteiger partial charge in [0.2, 0.25) is 5.91 Å². The Balaban J connectivity index is 0.00000441. The van der Waals surface area contributed by atoms with Crippen LogP contribution in [0.5, 0.6) is 0 Å². The first kappa shape index (κ1) is 20.9. The van der Waals surface area contributed by atoms with Gasteiger partial charge in [0, 0.05) is 12.6 Å². The molecule has 0 radical (unpaired) electrons. The summed E-state index contributed by atoms with van der Waals surface area (Å²) in [5, 5.41) is 10.8. The third-order valence-corrected chi connectivity index (χ3v) is 3.98. The Bertz CT molecular complexity index is 452. The molecule has 5 nitrogen and oxygen atoms in total. The lowest BCUT2D eigenvalue weighted by molar-refractivity contribution is -0.124. The van der Waals surface area contributed by atoms with Gasteiger partial charge >= 0.3 is 0 Å². The van der Waals surface area contributed by atoms with Crippen molar-refractivity contribution in [2.75, 3.05) is 13.1 Å². The number of halogens is 1. The highest BCUT2D eigenvalue weighted by Gasteiger charge is 2.24. The molecule has 1 rings (SSSR count). The fourth-order valence-electron chi connectivity index (χ4n) is 1.94. The number of carbonyl (C=O) groups is 2. The number of rotatable bonds is 8. The smallest absolute Gasteiger partial charge is 0.262 e. The van der Waals surface area contributed by atoms with Crippen molar-refractivity contribution in [1.29, 1.82) is 0 Å². The molecule has 0 aliphatic heterocycles. The Morgan fingerprint density at radius 1 is 1.27 bits per heavy atom. The molecule has 0 aromatic carbocycles. The van der Waals surface area contributed by atoms with Crippen molar-refractivity contribution in [2.45, 2.75) is 39.8 Å². The summed E-state index contributed by atoms with van der Waals surface area (Å²) in [7, 11) is 0. The van der Waals surface area contributed by atoms with Gasteiger partial charge < -0.3 is 16.0 Å². The van der Waals surface area contributed by atoms with Crippen LogP contribution >= 0.6 is 23.7 Å². The predicted molar refractivity (Wildman–Crippen MR) is 93.8 cm³/mol. The highest BCUT2D eigenvalue weighted by Crippen LogP contribution is 2.10. The summed E-state index contributed by atoms with van der Waals surface area (Å²) in [4.78, 5) is 24.9. The van der Waals surface area contributed by atoms with E-state index in [9.17, 15) is 9.59 Å². The number of carbonyl (C=O) groups excluding carboxylic acids is 2. The van der Waals surface area contributed by atoms with Crippen molar-refractivity contribution in [3.05, 3.63) is 22.4 Å². The molecule has 1 aromatic rings. The van der Waals surface area contributed by atoms with Crippen LogP contribution in [-0.2, 0) is 4.79 Å². The molecule has 0 bridgehead atoms. The van der Waals surface area contributed by atoms with Crippen LogP contribution in [-0.4, -0.2) is 37.0 Å². The van der Waals surface area contributed by atoms with Crippen LogP contribution in [0.3, 0.4) is 0 Å². The van der Waals surface area contributed by atoms with Gasteiger partial charge in [-0.3, -0.25) is 9.59 Å². The minimum Gasteiger partial charge on any atom is -0.353 e. The lowest BCUT2D eigenvalue weighted by atomic mass is 10.0. The zero-order valence-electron chi connectivity index (χ0n) is 13.5. The Morgan fingerprint density at radius 3 is 2.45 bits per heavy atom. The second kappa shape index (κ2) is 10.6. The van der Waals surface area contributed by atoms with E-state index in [0.717, 1.165) is 6.54 Å². The largest absolute Gasteiger partial charge is 0.353 e. The number of thiophene rings is 1. The van der Waals surface area contributed by atoms with E-state index in [1.54, 1.807) is 6.07 Å². The monoisotopic (exact) mass is 347 g/mol. The first-order valence-corrected chi connectivity index (χ1v) is 8.19. The van der Waals surface area contributed by atoms with E-state index in [2.05, 4.69) is 16.0 Å². The van der Waals surface area contributed by atoms with Crippen LogP contribution in [0, 0.1) is 5.92 Å². The molecule has 22 heavy (non-hydrogen) atoms. The number of hydrogen-bond acceptors (Lipinski definition) is 4. The minimum absolute atomic E-state index is 0. The molecule has 2 amide bonds. The van der Waals surface area contributed by atoms with Crippen molar-refractivity contribution in [3.8, 4) is 0 Å². The zero-order valence-corrected chi connectivity index (χ0v) is 15.1. The molecule has 0 saturated carbocycles. The number of hydrogen-bond donors (Lipinski definition) is 3. The van der Waals surface area contributed by atoms with Crippen molar-refractivity contribution < 1.29 is 9.59 Å². The summed E-state index contributed by atoms with van der Waals surface area (Å²) in [6.45, 7) is 9.29. The summed E-state index contributed by atoms with van der Waals surface area (Å²) in [6, 6.07) is 3.26. The molecule has 1 unspecified atom stereocenters. The summed E-state index contributed by atoms with van der Waals surface area (Å²) < 4.78 is 0. The third-order valence-electron chi connectivity index (χ3n) is 3.12. The molecule has 0 spiro atoms. The highest BCUT2D eigenvalue weighted by atomic mass is 35.5. The van der Waals surface area contributed by atoms with Gasteiger partial charge in [0.15, 0.2) is 0 Å². The van der Waals surface area contributed by atoms with Crippen LogP contribution in [0.25, 0.3) is 0 Å². The maximum absolute atomic E-state index is 12.2. The molecular weight excluding hydrogens is 322 g/mol. The van der Waals surface area contributed by atoms with Crippen LogP contribution < -0.4 is 16.0 Å². The van der Waals surface area contributed by atoms with Gasteiger partial charge in [-0.05, 0) is 30.8 Å². The quantitative estimate of drug-likeness (QED) is 0.674. The van der Waals surface area contributed by atoms with E-state index < -0.39 is 6.04 Å².